The fraction of sp³-hybridized carbons (Fsp3) is 0.125. The molecule has 0 heterocycles. The maximum absolute atomic E-state index is 13.9. The Morgan fingerprint density at radius 3 is 2.62 bits per heavy atom. The molecule has 2 rings (SSSR count). The van der Waals surface area contributed by atoms with Gasteiger partial charge in [0.15, 0.2) is 11.6 Å². The highest BCUT2D eigenvalue weighted by Gasteiger charge is 2.07. The van der Waals surface area contributed by atoms with Crippen LogP contribution in [0.2, 0.25) is 0 Å². The van der Waals surface area contributed by atoms with Crippen molar-refractivity contribution in [3.8, 4) is 5.75 Å². The van der Waals surface area contributed by atoms with E-state index in [9.17, 15) is 14.5 Å². The summed E-state index contributed by atoms with van der Waals surface area (Å²) in [4.78, 5) is 10.0. The Labute approximate surface area is 121 Å². The van der Waals surface area contributed by atoms with Gasteiger partial charge in [-0.3, -0.25) is 10.1 Å². The van der Waals surface area contributed by atoms with Crippen molar-refractivity contribution in [1.82, 2.24) is 0 Å². The predicted octanol–water partition coefficient (Wildman–Crippen LogP) is 4.04. The Morgan fingerprint density at radius 2 is 2.00 bits per heavy atom. The molecule has 0 fully saturated rings. The molecule has 0 atom stereocenters. The molecule has 0 saturated carbocycles. The number of rotatable bonds is 5. The number of hydrogen-bond acceptors (Lipinski definition) is 3. The Morgan fingerprint density at radius 1 is 1.29 bits per heavy atom. The lowest BCUT2D eigenvalue weighted by Gasteiger charge is -2.07. The first-order valence-corrected chi connectivity index (χ1v) is 6.35. The highest BCUT2D eigenvalue weighted by molar-refractivity contribution is 5.52. The van der Waals surface area contributed by atoms with Gasteiger partial charge >= 0.3 is 0 Å². The van der Waals surface area contributed by atoms with E-state index in [2.05, 4.69) is 0 Å². The summed E-state index contributed by atoms with van der Waals surface area (Å²) in [7, 11) is 0. The van der Waals surface area contributed by atoms with Crippen molar-refractivity contribution in [3.63, 3.8) is 0 Å². The van der Waals surface area contributed by atoms with Crippen LogP contribution in [0.5, 0.6) is 5.75 Å². The van der Waals surface area contributed by atoms with Crippen LogP contribution < -0.4 is 4.74 Å². The number of allylic oxidation sites excluding steroid dienone is 1. The van der Waals surface area contributed by atoms with Crippen LogP contribution in [0.3, 0.4) is 0 Å². The summed E-state index contributed by atoms with van der Waals surface area (Å²) in [6, 6.07) is 13.7. The summed E-state index contributed by atoms with van der Waals surface area (Å²) in [5.74, 6) is -0.425. The number of hydrogen-bond donors (Lipinski definition) is 0. The molecule has 0 saturated heterocycles. The van der Waals surface area contributed by atoms with Crippen LogP contribution in [-0.4, -0.2) is 4.92 Å². The smallest absolute Gasteiger partial charge is 0.243 e. The van der Waals surface area contributed by atoms with Crippen molar-refractivity contribution in [2.75, 3.05) is 0 Å². The number of benzene rings is 2. The lowest BCUT2D eigenvalue weighted by atomic mass is 10.2. The van der Waals surface area contributed by atoms with E-state index >= 15 is 0 Å². The van der Waals surface area contributed by atoms with Crippen molar-refractivity contribution < 1.29 is 14.1 Å². The molecule has 0 radical (unpaired) electrons. The lowest BCUT2D eigenvalue weighted by molar-refractivity contribution is -0.422. The molecular weight excluding hydrogens is 273 g/mol. The molecule has 2 aromatic rings. The van der Waals surface area contributed by atoms with Crippen molar-refractivity contribution in [1.29, 1.82) is 0 Å². The van der Waals surface area contributed by atoms with Gasteiger partial charge in [0.25, 0.3) is 0 Å². The van der Waals surface area contributed by atoms with Crippen LogP contribution >= 0.6 is 0 Å². The second kappa shape index (κ2) is 6.65. The zero-order chi connectivity index (χ0) is 15.2. The van der Waals surface area contributed by atoms with Crippen LogP contribution in [-0.2, 0) is 6.61 Å². The molecule has 0 aliphatic carbocycles. The van der Waals surface area contributed by atoms with Gasteiger partial charge in [-0.25, -0.2) is 4.39 Å². The van der Waals surface area contributed by atoms with E-state index in [1.807, 2.05) is 30.3 Å². The van der Waals surface area contributed by atoms with Crippen LogP contribution in [0.1, 0.15) is 18.1 Å². The topological polar surface area (TPSA) is 52.4 Å². The molecule has 0 N–H and O–H groups in total. The van der Waals surface area contributed by atoms with Crippen LogP contribution in [0.4, 0.5) is 4.39 Å². The van der Waals surface area contributed by atoms with Gasteiger partial charge in [-0.15, -0.1) is 0 Å². The standard InChI is InChI=1S/C16H14FNO3/c1-12(18(19)20)9-14-7-8-16(15(17)10-14)21-11-13-5-3-2-4-6-13/h2-10H,11H2,1H3. The largest absolute Gasteiger partial charge is 0.486 e. The lowest BCUT2D eigenvalue weighted by Crippen LogP contribution is -1.98. The van der Waals surface area contributed by atoms with Gasteiger partial charge in [-0.1, -0.05) is 36.4 Å². The third-order valence-corrected chi connectivity index (χ3v) is 2.86. The third-order valence-electron chi connectivity index (χ3n) is 2.86. The second-order valence-corrected chi connectivity index (χ2v) is 4.51. The van der Waals surface area contributed by atoms with Crippen molar-refractivity contribution in [3.05, 3.63) is 81.3 Å². The molecule has 2 aromatic carbocycles. The van der Waals surface area contributed by atoms with Gasteiger partial charge in [0.2, 0.25) is 5.70 Å². The summed E-state index contributed by atoms with van der Waals surface area (Å²) in [6.45, 7) is 1.62. The van der Waals surface area contributed by atoms with E-state index in [0.717, 1.165) is 5.56 Å². The molecule has 0 spiro atoms. The first-order chi connectivity index (χ1) is 10.1. The van der Waals surface area contributed by atoms with Crippen molar-refractivity contribution in [2.45, 2.75) is 13.5 Å². The minimum Gasteiger partial charge on any atom is -0.486 e. The summed E-state index contributed by atoms with van der Waals surface area (Å²) in [5, 5.41) is 10.5. The molecule has 0 unspecified atom stereocenters. The summed E-state index contributed by atoms with van der Waals surface area (Å²) in [5.41, 5.74) is 1.31. The molecule has 0 bridgehead atoms. The molecule has 0 aliphatic heterocycles. The maximum Gasteiger partial charge on any atom is 0.243 e. The minimum atomic E-state index is -0.546. The van der Waals surface area contributed by atoms with Gasteiger partial charge in [0.05, 0.1) is 4.92 Å². The predicted molar refractivity (Wildman–Crippen MR) is 77.8 cm³/mol. The monoisotopic (exact) mass is 287 g/mol. The zero-order valence-corrected chi connectivity index (χ0v) is 11.5. The average Bonchev–Trinajstić information content (AvgIpc) is 2.47. The summed E-state index contributed by atoms with van der Waals surface area (Å²) in [6.07, 6.45) is 1.31. The highest BCUT2D eigenvalue weighted by atomic mass is 19.1. The van der Waals surface area contributed by atoms with E-state index in [1.165, 1.54) is 25.1 Å². The van der Waals surface area contributed by atoms with Crippen molar-refractivity contribution >= 4 is 6.08 Å². The van der Waals surface area contributed by atoms with Gasteiger partial charge in [0, 0.05) is 13.0 Å². The molecular formula is C16H14FNO3. The molecule has 4 nitrogen and oxygen atoms in total. The molecule has 0 aliphatic rings. The third kappa shape index (κ3) is 4.14. The van der Waals surface area contributed by atoms with E-state index in [1.54, 1.807) is 6.07 Å². The SMILES string of the molecule is CC(=Cc1ccc(OCc2ccccc2)c(F)c1)[N+](=O)[O-]. The highest BCUT2D eigenvalue weighted by Crippen LogP contribution is 2.21. The fourth-order valence-electron chi connectivity index (χ4n) is 1.75. The van der Waals surface area contributed by atoms with Gasteiger partial charge in [0.1, 0.15) is 6.61 Å². The van der Waals surface area contributed by atoms with Crippen molar-refractivity contribution in [2.24, 2.45) is 0 Å². The molecule has 5 heteroatoms. The molecule has 0 aromatic heterocycles. The Hall–Kier alpha value is -2.69. The molecule has 0 amide bonds. The van der Waals surface area contributed by atoms with E-state index in [-0.39, 0.29) is 18.1 Å². The van der Waals surface area contributed by atoms with Crippen LogP contribution in [0.15, 0.2) is 54.2 Å². The van der Waals surface area contributed by atoms with Gasteiger partial charge in [-0.05, 0) is 23.3 Å². The Balaban J connectivity index is 2.09. The van der Waals surface area contributed by atoms with Crippen LogP contribution in [0, 0.1) is 15.9 Å². The second-order valence-electron chi connectivity index (χ2n) is 4.51. The first-order valence-electron chi connectivity index (χ1n) is 6.35. The van der Waals surface area contributed by atoms with E-state index in [0.29, 0.717) is 5.56 Å². The van der Waals surface area contributed by atoms with E-state index in [4.69, 9.17) is 4.74 Å². The van der Waals surface area contributed by atoms with E-state index < -0.39 is 10.7 Å². The average molecular weight is 287 g/mol. The molecule has 21 heavy (non-hydrogen) atoms. The quantitative estimate of drug-likeness (QED) is 0.616. The van der Waals surface area contributed by atoms with Gasteiger partial charge < -0.3 is 4.74 Å². The number of ether oxygens (including phenoxy) is 1. The number of nitro groups is 1. The normalized spacial score (nSPS) is 11.2. The Kier molecular flexibility index (Phi) is 4.66. The Bertz CT molecular complexity index is 668. The van der Waals surface area contributed by atoms with Gasteiger partial charge in [-0.2, -0.15) is 0 Å². The minimum absolute atomic E-state index is 0.0487. The first kappa shape index (κ1) is 14.7. The fourth-order valence-corrected chi connectivity index (χ4v) is 1.75. The van der Waals surface area contributed by atoms with Crippen LogP contribution in [0.25, 0.3) is 6.08 Å². The number of halogens is 1. The summed E-state index contributed by atoms with van der Waals surface area (Å²) < 4.78 is 19.3. The maximum atomic E-state index is 13.9. The zero-order valence-electron chi connectivity index (χ0n) is 11.5. The summed E-state index contributed by atoms with van der Waals surface area (Å²) >= 11 is 0. The molecule has 108 valence electrons. The number of nitrogens with zero attached hydrogens (tertiary/aromatic N) is 1.